The molecule has 2 aliphatic carbocycles. The molecule has 2 saturated carbocycles. The largest absolute Gasteiger partial charge is 0.445 e. The number of ether oxygens (including phenoxy) is 3. The third-order valence-electron chi connectivity index (χ3n) is 11.6. The van der Waals surface area contributed by atoms with E-state index in [4.69, 9.17) is 14.2 Å². The van der Waals surface area contributed by atoms with E-state index >= 15 is 0 Å². The Kier molecular flexibility index (Phi) is 12.0. The van der Waals surface area contributed by atoms with E-state index in [2.05, 4.69) is 35.9 Å². The van der Waals surface area contributed by atoms with Crippen molar-refractivity contribution < 1.29 is 28.6 Å². The maximum Gasteiger partial charge on any atom is 0.410 e. The standard InChI is InChI=1S/C24H30N4O4.C19H22N4O2/c1-23(2,3)32-22(30)28-13-10-18-19(14-28)24(18,20-25-11-7-12-26-20)16-27-21(29)31-15-17-8-5-4-6-9-17;24-18(25-12-14-5-2-1-3-6-14)23-13-19(17-21-8-4-9-22-17)15-7-10-20-11-16(15)19/h4-9,11-12,18-19H,10,13-16H2,1-3H3,(H,27,29);1-6,8-9,15-16,20H,7,10-13H2,(H,23,24). The first kappa shape index (κ1) is 39.6. The minimum Gasteiger partial charge on any atom is -0.445 e. The van der Waals surface area contributed by atoms with Crippen LogP contribution in [-0.2, 0) is 38.3 Å². The molecule has 4 aromatic rings. The van der Waals surface area contributed by atoms with Gasteiger partial charge in [-0.2, -0.15) is 0 Å². The van der Waals surface area contributed by atoms with Crippen LogP contribution < -0.4 is 16.0 Å². The van der Waals surface area contributed by atoms with Crippen molar-refractivity contribution in [2.24, 2.45) is 23.7 Å². The lowest BCUT2D eigenvalue weighted by Gasteiger charge is -2.29. The van der Waals surface area contributed by atoms with Gasteiger partial charge in [0.05, 0.1) is 10.8 Å². The van der Waals surface area contributed by atoms with Crippen LogP contribution in [0.15, 0.2) is 97.6 Å². The zero-order chi connectivity index (χ0) is 39.9. The van der Waals surface area contributed by atoms with Gasteiger partial charge in [-0.15, -0.1) is 0 Å². The number of aromatic nitrogens is 4. The Morgan fingerprint density at radius 1 is 0.702 bits per heavy atom. The van der Waals surface area contributed by atoms with Gasteiger partial charge in [0.1, 0.15) is 30.5 Å². The molecule has 4 aliphatic rings. The van der Waals surface area contributed by atoms with Gasteiger partial charge < -0.3 is 35.1 Å². The van der Waals surface area contributed by atoms with Crippen LogP contribution >= 0.6 is 0 Å². The molecular formula is C43H52N8O6. The number of nitrogens with zero attached hydrogens (tertiary/aromatic N) is 5. The Balaban J connectivity index is 0.000000179. The molecule has 3 N–H and O–H groups in total. The Morgan fingerprint density at radius 2 is 1.19 bits per heavy atom. The van der Waals surface area contributed by atoms with Crippen LogP contribution in [0.5, 0.6) is 0 Å². The number of piperidine rings is 2. The van der Waals surface area contributed by atoms with Crippen molar-refractivity contribution in [3.05, 3.63) is 120 Å². The molecule has 3 amide bonds. The highest BCUT2D eigenvalue weighted by atomic mass is 16.6. The van der Waals surface area contributed by atoms with Crippen molar-refractivity contribution >= 4 is 18.3 Å². The first-order valence-electron chi connectivity index (χ1n) is 19.7. The van der Waals surface area contributed by atoms with Gasteiger partial charge in [-0.05, 0) is 93.6 Å². The molecule has 2 aliphatic heterocycles. The minimum atomic E-state index is -0.540. The van der Waals surface area contributed by atoms with Gasteiger partial charge in [-0.1, -0.05) is 60.7 Å². The molecule has 6 atom stereocenters. The van der Waals surface area contributed by atoms with E-state index in [1.165, 1.54) is 0 Å². The molecule has 2 aromatic heterocycles. The normalized spacial score (nSPS) is 25.6. The van der Waals surface area contributed by atoms with Crippen LogP contribution in [0, 0.1) is 23.7 Å². The fraction of sp³-hybridized carbons (Fsp3) is 0.465. The van der Waals surface area contributed by atoms with Crippen molar-refractivity contribution in [3.8, 4) is 0 Å². The summed E-state index contributed by atoms with van der Waals surface area (Å²) in [5.74, 6) is 2.96. The van der Waals surface area contributed by atoms with Gasteiger partial charge >= 0.3 is 18.3 Å². The smallest absolute Gasteiger partial charge is 0.410 e. The van der Waals surface area contributed by atoms with E-state index < -0.39 is 23.2 Å². The minimum absolute atomic E-state index is 0.153. The lowest BCUT2D eigenvalue weighted by molar-refractivity contribution is 0.0206. The van der Waals surface area contributed by atoms with E-state index in [0.29, 0.717) is 43.8 Å². The van der Waals surface area contributed by atoms with E-state index in [0.717, 1.165) is 42.9 Å². The molecule has 4 fully saturated rings. The first-order valence-corrected chi connectivity index (χ1v) is 19.7. The summed E-state index contributed by atoms with van der Waals surface area (Å²) in [6, 6.07) is 22.8. The van der Waals surface area contributed by atoms with Crippen molar-refractivity contribution in [2.45, 2.75) is 63.3 Å². The number of hydrogen-bond acceptors (Lipinski definition) is 11. The summed E-state index contributed by atoms with van der Waals surface area (Å²) in [6.07, 6.45) is 7.70. The number of carbonyl (C=O) groups is 3. The number of nitrogens with one attached hydrogen (secondary N) is 3. The highest BCUT2D eigenvalue weighted by Crippen LogP contribution is 2.62. The lowest BCUT2D eigenvalue weighted by Crippen LogP contribution is -2.41. The number of rotatable bonds is 10. The molecule has 14 heteroatoms. The lowest BCUT2D eigenvalue weighted by atomic mass is 10.00. The average Bonchev–Trinajstić information content (AvgIpc) is 4.12. The number of benzene rings is 2. The summed E-state index contributed by atoms with van der Waals surface area (Å²) in [5.41, 5.74) is 0.779. The Hall–Kier alpha value is -5.63. The topological polar surface area (TPSA) is 170 Å². The molecule has 57 heavy (non-hydrogen) atoms. The maximum atomic E-state index is 12.6. The maximum absolute atomic E-state index is 12.6. The van der Waals surface area contributed by atoms with Crippen molar-refractivity contribution in [3.63, 3.8) is 0 Å². The van der Waals surface area contributed by atoms with Gasteiger partial charge in [0.25, 0.3) is 0 Å². The van der Waals surface area contributed by atoms with Crippen LogP contribution in [-0.4, -0.2) is 88.0 Å². The summed E-state index contributed by atoms with van der Waals surface area (Å²) < 4.78 is 16.3. The number of fused-ring (bicyclic) bond motifs is 2. The highest BCUT2D eigenvalue weighted by Gasteiger charge is 2.69. The first-order chi connectivity index (χ1) is 27.6. The number of alkyl carbamates (subject to hydrolysis) is 2. The van der Waals surface area contributed by atoms with Crippen molar-refractivity contribution in [1.29, 1.82) is 0 Å². The average molecular weight is 777 g/mol. The number of carbonyl (C=O) groups excluding carboxylic acids is 3. The molecule has 4 heterocycles. The van der Waals surface area contributed by atoms with E-state index in [1.807, 2.05) is 87.5 Å². The summed E-state index contributed by atoms with van der Waals surface area (Å²) in [6.45, 7) is 10.1. The molecule has 300 valence electrons. The Morgan fingerprint density at radius 3 is 1.67 bits per heavy atom. The van der Waals surface area contributed by atoms with E-state index in [9.17, 15) is 14.4 Å². The molecule has 8 rings (SSSR count). The van der Waals surface area contributed by atoms with Crippen molar-refractivity contribution in [1.82, 2.24) is 40.8 Å². The molecule has 2 aromatic carbocycles. The summed E-state index contributed by atoms with van der Waals surface area (Å²) in [7, 11) is 0. The fourth-order valence-corrected chi connectivity index (χ4v) is 8.78. The van der Waals surface area contributed by atoms with E-state index in [1.54, 1.807) is 35.8 Å². The molecule has 0 radical (unpaired) electrons. The predicted molar refractivity (Wildman–Crippen MR) is 211 cm³/mol. The predicted octanol–water partition coefficient (Wildman–Crippen LogP) is 5.41. The monoisotopic (exact) mass is 776 g/mol. The molecular weight excluding hydrogens is 725 g/mol. The molecule has 14 nitrogen and oxygen atoms in total. The van der Waals surface area contributed by atoms with Crippen LogP contribution in [0.1, 0.15) is 56.4 Å². The third kappa shape index (κ3) is 9.17. The van der Waals surface area contributed by atoms with Crippen molar-refractivity contribution in [2.75, 3.05) is 39.3 Å². The van der Waals surface area contributed by atoms with Gasteiger partial charge in [0.2, 0.25) is 0 Å². The molecule has 0 spiro atoms. The molecule has 0 bridgehead atoms. The number of hydrogen-bond donors (Lipinski definition) is 3. The van der Waals surface area contributed by atoms with Gasteiger partial charge in [0, 0.05) is 51.0 Å². The second kappa shape index (κ2) is 17.2. The van der Waals surface area contributed by atoms with Gasteiger partial charge in [0.15, 0.2) is 0 Å². The SMILES string of the molecule is CC(C)(C)OC(=O)N1CCC2C(C1)C2(CNC(=O)OCc1ccccc1)c1ncccn1.O=C(NCC1(c2ncccn2)C2CCNCC21)OCc1ccccc1. The number of amides is 3. The Bertz CT molecular complexity index is 1940. The molecule has 6 unspecified atom stereocenters. The summed E-state index contributed by atoms with van der Waals surface area (Å²) >= 11 is 0. The zero-order valence-corrected chi connectivity index (χ0v) is 32.8. The second-order valence-corrected chi connectivity index (χ2v) is 16.2. The third-order valence-corrected chi connectivity index (χ3v) is 11.6. The molecule has 2 saturated heterocycles. The van der Waals surface area contributed by atoms with Crippen LogP contribution in [0.25, 0.3) is 0 Å². The van der Waals surface area contributed by atoms with Gasteiger partial charge in [-0.25, -0.2) is 34.3 Å². The quantitative estimate of drug-likeness (QED) is 0.176. The highest BCUT2D eigenvalue weighted by molar-refractivity contribution is 5.69. The Labute approximate surface area is 333 Å². The summed E-state index contributed by atoms with van der Waals surface area (Å²) in [4.78, 5) is 56.8. The van der Waals surface area contributed by atoms with Crippen LogP contribution in [0.2, 0.25) is 0 Å². The van der Waals surface area contributed by atoms with E-state index in [-0.39, 0.29) is 36.6 Å². The van der Waals surface area contributed by atoms with Crippen LogP contribution in [0.4, 0.5) is 14.4 Å². The summed E-state index contributed by atoms with van der Waals surface area (Å²) in [5, 5.41) is 9.29. The van der Waals surface area contributed by atoms with Crippen LogP contribution in [0.3, 0.4) is 0 Å². The van der Waals surface area contributed by atoms with Gasteiger partial charge in [-0.3, -0.25) is 0 Å². The zero-order valence-electron chi connectivity index (χ0n) is 32.8. The fourth-order valence-electron chi connectivity index (χ4n) is 8.78. The number of likely N-dealkylation sites (tertiary alicyclic amines) is 1. The second-order valence-electron chi connectivity index (χ2n) is 16.2.